The Morgan fingerprint density at radius 3 is 2.38 bits per heavy atom. The highest BCUT2D eigenvalue weighted by molar-refractivity contribution is 4.51. The van der Waals surface area contributed by atoms with Gasteiger partial charge in [0.2, 0.25) is 0 Å². The minimum atomic E-state index is -0.318. The summed E-state index contributed by atoms with van der Waals surface area (Å²) in [6.07, 6.45) is 4.99. The minimum Gasteiger partial charge on any atom is -0.391 e. The van der Waals surface area contributed by atoms with E-state index in [1.165, 1.54) is 12.8 Å². The number of aliphatic hydroxyl groups is 1. The molecule has 0 amide bonds. The van der Waals surface area contributed by atoms with Crippen LogP contribution < -0.4 is 0 Å². The fraction of sp³-hybridized carbons (Fsp3) is 0.818. The number of ether oxygens (including phenoxy) is 1. The van der Waals surface area contributed by atoms with E-state index in [1.807, 2.05) is 6.92 Å². The number of rotatable bonds is 6. The van der Waals surface area contributed by atoms with Crippen LogP contribution in [0.2, 0.25) is 0 Å². The fourth-order valence-corrected chi connectivity index (χ4v) is 0.708. The maximum absolute atomic E-state index is 8.78. The number of allylic oxidation sites excluding steroid dienone is 1. The second kappa shape index (κ2) is 14.2. The SMILES string of the molecule is C=CC.CCCCCOCC(C)O. The van der Waals surface area contributed by atoms with Gasteiger partial charge >= 0.3 is 0 Å². The highest BCUT2D eigenvalue weighted by Gasteiger charge is 1.93. The molecule has 0 aliphatic carbocycles. The summed E-state index contributed by atoms with van der Waals surface area (Å²) in [4.78, 5) is 0. The maximum Gasteiger partial charge on any atom is 0.0745 e. The molecule has 1 unspecified atom stereocenters. The summed E-state index contributed by atoms with van der Waals surface area (Å²) in [6.45, 7) is 10.4. The van der Waals surface area contributed by atoms with Gasteiger partial charge in [-0.2, -0.15) is 0 Å². The van der Waals surface area contributed by atoms with Gasteiger partial charge < -0.3 is 9.84 Å². The van der Waals surface area contributed by atoms with Crippen LogP contribution in [0.3, 0.4) is 0 Å². The smallest absolute Gasteiger partial charge is 0.0745 e. The molecule has 0 aromatic carbocycles. The topological polar surface area (TPSA) is 29.5 Å². The first kappa shape index (κ1) is 15.1. The first-order chi connectivity index (χ1) is 6.18. The van der Waals surface area contributed by atoms with Crippen LogP contribution in [0, 0.1) is 0 Å². The molecule has 0 aliphatic rings. The predicted octanol–water partition coefficient (Wildman–Crippen LogP) is 2.77. The second-order valence-electron chi connectivity index (χ2n) is 3.04. The number of aliphatic hydroxyl groups excluding tert-OH is 1. The molecule has 1 atom stereocenters. The zero-order valence-electron chi connectivity index (χ0n) is 9.25. The monoisotopic (exact) mass is 188 g/mol. The number of hydrogen-bond acceptors (Lipinski definition) is 2. The molecule has 0 aromatic heterocycles. The van der Waals surface area contributed by atoms with Crippen molar-refractivity contribution in [1.82, 2.24) is 0 Å². The quantitative estimate of drug-likeness (QED) is 0.513. The molecule has 0 aliphatic heterocycles. The van der Waals surface area contributed by atoms with Gasteiger partial charge in [0, 0.05) is 6.61 Å². The summed E-state index contributed by atoms with van der Waals surface area (Å²) in [6, 6.07) is 0. The number of hydrogen-bond donors (Lipinski definition) is 1. The van der Waals surface area contributed by atoms with Crippen LogP contribution in [0.1, 0.15) is 40.0 Å². The van der Waals surface area contributed by atoms with Crippen molar-refractivity contribution < 1.29 is 9.84 Å². The Morgan fingerprint density at radius 1 is 1.46 bits per heavy atom. The van der Waals surface area contributed by atoms with Gasteiger partial charge in [0.05, 0.1) is 12.7 Å². The Hall–Kier alpha value is -0.340. The van der Waals surface area contributed by atoms with Crippen molar-refractivity contribution in [3.63, 3.8) is 0 Å². The van der Waals surface area contributed by atoms with Crippen LogP contribution in [0.4, 0.5) is 0 Å². The molecule has 0 rings (SSSR count). The van der Waals surface area contributed by atoms with Crippen molar-refractivity contribution >= 4 is 0 Å². The lowest BCUT2D eigenvalue weighted by atomic mass is 10.3. The fourth-order valence-electron chi connectivity index (χ4n) is 0.708. The molecule has 0 spiro atoms. The van der Waals surface area contributed by atoms with E-state index in [9.17, 15) is 0 Å². The summed E-state index contributed by atoms with van der Waals surface area (Å²) < 4.78 is 5.15. The maximum atomic E-state index is 8.78. The van der Waals surface area contributed by atoms with Gasteiger partial charge in [-0.3, -0.25) is 0 Å². The third kappa shape index (κ3) is 24.5. The molecule has 2 nitrogen and oxygen atoms in total. The zero-order chi connectivity index (χ0) is 10.5. The summed E-state index contributed by atoms with van der Waals surface area (Å²) >= 11 is 0. The third-order valence-electron chi connectivity index (χ3n) is 1.25. The van der Waals surface area contributed by atoms with E-state index >= 15 is 0 Å². The first-order valence-electron chi connectivity index (χ1n) is 5.01. The van der Waals surface area contributed by atoms with E-state index in [-0.39, 0.29) is 6.10 Å². The second-order valence-corrected chi connectivity index (χ2v) is 3.04. The van der Waals surface area contributed by atoms with Gasteiger partial charge in [-0.25, -0.2) is 0 Å². The lowest BCUT2D eigenvalue weighted by Crippen LogP contribution is -2.10. The van der Waals surface area contributed by atoms with Crippen molar-refractivity contribution in [1.29, 1.82) is 0 Å². The third-order valence-corrected chi connectivity index (χ3v) is 1.25. The lowest BCUT2D eigenvalue weighted by molar-refractivity contribution is 0.0446. The average Bonchev–Trinajstić information content (AvgIpc) is 2.05. The highest BCUT2D eigenvalue weighted by atomic mass is 16.5. The van der Waals surface area contributed by atoms with Crippen molar-refractivity contribution in [2.45, 2.75) is 46.1 Å². The Balaban J connectivity index is 0. The summed E-state index contributed by atoms with van der Waals surface area (Å²) in [5.74, 6) is 0. The molecule has 80 valence electrons. The van der Waals surface area contributed by atoms with Crippen LogP contribution in [0.5, 0.6) is 0 Å². The molecule has 13 heavy (non-hydrogen) atoms. The standard InChI is InChI=1S/C8H18O2.C3H6/c1-3-4-5-6-10-7-8(2)9;1-3-2/h8-9H,3-7H2,1-2H3;3H,1H2,2H3. The largest absolute Gasteiger partial charge is 0.391 e. The molecular weight excluding hydrogens is 164 g/mol. The van der Waals surface area contributed by atoms with Gasteiger partial charge in [0.1, 0.15) is 0 Å². The summed E-state index contributed by atoms with van der Waals surface area (Å²) in [7, 11) is 0. The van der Waals surface area contributed by atoms with Gasteiger partial charge in [-0.05, 0) is 20.3 Å². The van der Waals surface area contributed by atoms with E-state index in [0.29, 0.717) is 6.61 Å². The predicted molar refractivity (Wildman–Crippen MR) is 57.9 cm³/mol. The Bertz CT molecular complexity index is 90.1. The van der Waals surface area contributed by atoms with Crippen molar-refractivity contribution in [2.24, 2.45) is 0 Å². The Kier molecular flexibility index (Phi) is 16.5. The molecule has 0 fully saturated rings. The van der Waals surface area contributed by atoms with Gasteiger partial charge in [-0.1, -0.05) is 25.8 Å². The van der Waals surface area contributed by atoms with Crippen molar-refractivity contribution in [2.75, 3.05) is 13.2 Å². The average molecular weight is 188 g/mol. The lowest BCUT2D eigenvalue weighted by Gasteiger charge is -2.04. The number of unbranched alkanes of at least 4 members (excludes halogenated alkanes) is 2. The van der Waals surface area contributed by atoms with Gasteiger partial charge in [-0.15, -0.1) is 6.58 Å². The van der Waals surface area contributed by atoms with Crippen LogP contribution in [-0.2, 0) is 4.74 Å². The van der Waals surface area contributed by atoms with Crippen molar-refractivity contribution in [3.05, 3.63) is 12.7 Å². The summed E-state index contributed by atoms with van der Waals surface area (Å²) in [5.41, 5.74) is 0. The van der Waals surface area contributed by atoms with Gasteiger partial charge in [0.15, 0.2) is 0 Å². The molecule has 0 bridgehead atoms. The molecule has 0 radical (unpaired) electrons. The zero-order valence-corrected chi connectivity index (χ0v) is 9.25. The van der Waals surface area contributed by atoms with E-state index in [0.717, 1.165) is 13.0 Å². The normalized spacial score (nSPS) is 11.4. The van der Waals surface area contributed by atoms with E-state index in [4.69, 9.17) is 9.84 Å². The Labute approximate surface area is 82.6 Å². The minimum absolute atomic E-state index is 0.318. The molecule has 2 heteroatoms. The van der Waals surface area contributed by atoms with Crippen LogP contribution in [0.25, 0.3) is 0 Å². The molecule has 0 aromatic rings. The van der Waals surface area contributed by atoms with Crippen LogP contribution in [0.15, 0.2) is 12.7 Å². The highest BCUT2D eigenvalue weighted by Crippen LogP contribution is 1.94. The van der Waals surface area contributed by atoms with Crippen molar-refractivity contribution in [3.8, 4) is 0 Å². The molecular formula is C11H24O2. The van der Waals surface area contributed by atoms with E-state index < -0.39 is 0 Å². The molecule has 0 saturated heterocycles. The van der Waals surface area contributed by atoms with E-state index in [1.54, 1.807) is 13.0 Å². The molecule has 0 saturated carbocycles. The van der Waals surface area contributed by atoms with Gasteiger partial charge in [0.25, 0.3) is 0 Å². The molecule has 1 N–H and O–H groups in total. The van der Waals surface area contributed by atoms with Crippen LogP contribution in [-0.4, -0.2) is 24.4 Å². The Morgan fingerprint density at radius 2 is 2.00 bits per heavy atom. The molecule has 0 heterocycles. The first-order valence-corrected chi connectivity index (χ1v) is 5.01. The summed E-state index contributed by atoms with van der Waals surface area (Å²) in [5, 5.41) is 8.78. The van der Waals surface area contributed by atoms with Crippen LogP contribution >= 0.6 is 0 Å². The van der Waals surface area contributed by atoms with E-state index in [2.05, 4.69) is 13.5 Å².